The zero-order chi connectivity index (χ0) is 11.0. The molecule has 0 spiro atoms. The van der Waals surface area contributed by atoms with Crippen molar-refractivity contribution in [2.24, 2.45) is 0 Å². The summed E-state index contributed by atoms with van der Waals surface area (Å²) in [6.45, 7) is 8.06. The van der Waals surface area contributed by atoms with Gasteiger partial charge in [0.15, 0.2) is 0 Å². The summed E-state index contributed by atoms with van der Waals surface area (Å²) in [5, 5.41) is 5.83. The highest BCUT2D eigenvalue weighted by Gasteiger charge is 2.24. The van der Waals surface area contributed by atoms with Crippen molar-refractivity contribution >= 4 is 17.7 Å². The van der Waals surface area contributed by atoms with Crippen molar-refractivity contribution < 1.29 is 4.79 Å². The molecule has 3 nitrogen and oxygen atoms in total. The normalized spacial score (nSPS) is 11.1. The van der Waals surface area contributed by atoms with Crippen molar-refractivity contribution in [3.05, 3.63) is 12.7 Å². The molecular weight excluding hydrogens is 196 g/mol. The van der Waals surface area contributed by atoms with Crippen LogP contribution in [0.15, 0.2) is 12.7 Å². The Morgan fingerprint density at radius 2 is 2.21 bits per heavy atom. The summed E-state index contributed by atoms with van der Waals surface area (Å²) in [5.41, 5.74) is -0.483. The van der Waals surface area contributed by atoms with E-state index < -0.39 is 5.54 Å². The lowest BCUT2D eigenvalue weighted by Gasteiger charge is -2.22. The van der Waals surface area contributed by atoms with E-state index in [1.807, 2.05) is 19.9 Å². The lowest BCUT2D eigenvalue weighted by Crippen LogP contribution is -2.51. The van der Waals surface area contributed by atoms with Gasteiger partial charge in [-0.05, 0) is 20.9 Å². The second-order valence-corrected chi connectivity index (χ2v) is 4.64. The molecule has 0 unspecified atom stereocenters. The van der Waals surface area contributed by atoms with Crippen molar-refractivity contribution in [2.75, 3.05) is 25.1 Å². The monoisotopic (exact) mass is 216 g/mol. The van der Waals surface area contributed by atoms with Crippen molar-refractivity contribution in [1.29, 1.82) is 0 Å². The van der Waals surface area contributed by atoms with Gasteiger partial charge in [0.2, 0.25) is 5.91 Å². The SMILES string of the molecule is C=CCSCCNC(=O)C(C)(C)NC. The summed E-state index contributed by atoms with van der Waals surface area (Å²) in [6, 6.07) is 0. The number of hydrogen-bond donors (Lipinski definition) is 2. The van der Waals surface area contributed by atoms with Crippen LogP contribution in [0.1, 0.15) is 13.8 Å². The number of likely N-dealkylation sites (N-methyl/N-ethyl adjacent to an activating group) is 1. The standard InChI is InChI=1S/C10H20N2OS/c1-5-7-14-8-6-12-9(13)10(2,3)11-4/h5,11H,1,6-8H2,2-4H3,(H,12,13). The summed E-state index contributed by atoms with van der Waals surface area (Å²) in [5.74, 6) is 1.90. The molecule has 2 N–H and O–H groups in total. The van der Waals surface area contributed by atoms with Gasteiger partial charge in [0.05, 0.1) is 5.54 Å². The van der Waals surface area contributed by atoms with Gasteiger partial charge in [-0.15, -0.1) is 6.58 Å². The molecule has 0 aliphatic carbocycles. The smallest absolute Gasteiger partial charge is 0.239 e. The van der Waals surface area contributed by atoms with Crippen LogP contribution >= 0.6 is 11.8 Å². The molecule has 0 saturated carbocycles. The van der Waals surface area contributed by atoms with Crippen molar-refractivity contribution in [2.45, 2.75) is 19.4 Å². The van der Waals surface area contributed by atoms with E-state index in [2.05, 4.69) is 17.2 Å². The molecule has 14 heavy (non-hydrogen) atoms. The minimum Gasteiger partial charge on any atom is -0.354 e. The Morgan fingerprint density at radius 3 is 2.71 bits per heavy atom. The van der Waals surface area contributed by atoms with Crippen LogP contribution in [0.2, 0.25) is 0 Å². The van der Waals surface area contributed by atoms with Gasteiger partial charge >= 0.3 is 0 Å². The average molecular weight is 216 g/mol. The number of amides is 1. The zero-order valence-corrected chi connectivity index (χ0v) is 10.0. The number of thioether (sulfide) groups is 1. The Balaban J connectivity index is 3.59. The zero-order valence-electron chi connectivity index (χ0n) is 9.22. The van der Waals surface area contributed by atoms with Gasteiger partial charge in [-0.2, -0.15) is 11.8 Å². The van der Waals surface area contributed by atoms with Crippen molar-refractivity contribution in [3.63, 3.8) is 0 Å². The van der Waals surface area contributed by atoms with Crippen LogP contribution in [0.25, 0.3) is 0 Å². The fourth-order valence-corrected chi connectivity index (χ4v) is 1.32. The van der Waals surface area contributed by atoms with Crippen LogP contribution in [-0.2, 0) is 4.79 Å². The molecule has 0 aliphatic rings. The molecule has 0 saturated heterocycles. The van der Waals surface area contributed by atoms with Crippen LogP contribution in [-0.4, -0.2) is 36.5 Å². The van der Waals surface area contributed by atoms with Gasteiger partial charge in [0.1, 0.15) is 0 Å². The quantitative estimate of drug-likeness (QED) is 0.493. The predicted molar refractivity (Wildman–Crippen MR) is 63.7 cm³/mol. The molecule has 0 heterocycles. The highest BCUT2D eigenvalue weighted by molar-refractivity contribution is 7.99. The number of rotatable bonds is 7. The first-order chi connectivity index (χ1) is 6.54. The topological polar surface area (TPSA) is 41.1 Å². The average Bonchev–Trinajstić information content (AvgIpc) is 2.17. The third kappa shape index (κ3) is 5.29. The van der Waals surface area contributed by atoms with Gasteiger partial charge < -0.3 is 10.6 Å². The molecule has 82 valence electrons. The van der Waals surface area contributed by atoms with E-state index in [-0.39, 0.29) is 5.91 Å². The van der Waals surface area contributed by atoms with Gasteiger partial charge in [-0.25, -0.2) is 0 Å². The van der Waals surface area contributed by atoms with E-state index in [0.717, 1.165) is 11.5 Å². The highest BCUT2D eigenvalue weighted by atomic mass is 32.2. The summed E-state index contributed by atoms with van der Waals surface area (Å²) >= 11 is 1.76. The third-order valence-corrected chi connectivity index (χ3v) is 2.92. The Morgan fingerprint density at radius 1 is 1.57 bits per heavy atom. The molecule has 4 heteroatoms. The first-order valence-corrected chi connectivity index (χ1v) is 5.86. The Kier molecular flexibility index (Phi) is 6.66. The summed E-state index contributed by atoms with van der Waals surface area (Å²) in [4.78, 5) is 11.5. The first kappa shape index (κ1) is 13.5. The number of hydrogen-bond acceptors (Lipinski definition) is 3. The van der Waals surface area contributed by atoms with Gasteiger partial charge in [-0.3, -0.25) is 4.79 Å². The Bertz CT molecular complexity index is 193. The maximum absolute atomic E-state index is 11.5. The van der Waals surface area contributed by atoms with Gasteiger partial charge in [-0.1, -0.05) is 6.08 Å². The maximum atomic E-state index is 11.5. The fraction of sp³-hybridized carbons (Fsp3) is 0.700. The van der Waals surface area contributed by atoms with Crippen molar-refractivity contribution in [1.82, 2.24) is 10.6 Å². The molecule has 0 radical (unpaired) electrons. The van der Waals surface area contributed by atoms with Crippen LogP contribution < -0.4 is 10.6 Å². The van der Waals surface area contributed by atoms with Crippen LogP contribution in [0.3, 0.4) is 0 Å². The molecule has 0 fully saturated rings. The number of nitrogens with one attached hydrogen (secondary N) is 2. The second-order valence-electron chi connectivity index (χ2n) is 3.49. The largest absolute Gasteiger partial charge is 0.354 e. The highest BCUT2D eigenvalue weighted by Crippen LogP contribution is 2.01. The molecule has 0 atom stereocenters. The summed E-state index contributed by atoms with van der Waals surface area (Å²) in [6.07, 6.45) is 1.87. The van der Waals surface area contributed by atoms with E-state index >= 15 is 0 Å². The second kappa shape index (κ2) is 6.90. The molecule has 1 amide bonds. The minimum absolute atomic E-state index is 0.0409. The number of carbonyl (C=O) groups is 1. The Labute approximate surface area is 90.7 Å². The van der Waals surface area contributed by atoms with Gasteiger partial charge in [0.25, 0.3) is 0 Å². The first-order valence-electron chi connectivity index (χ1n) is 4.70. The maximum Gasteiger partial charge on any atom is 0.239 e. The van der Waals surface area contributed by atoms with E-state index in [0.29, 0.717) is 6.54 Å². The van der Waals surface area contributed by atoms with E-state index in [1.165, 1.54) is 0 Å². The van der Waals surface area contributed by atoms with Crippen LogP contribution in [0.5, 0.6) is 0 Å². The summed E-state index contributed by atoms with van der Waals surface area (Å²) in [7, 11) is 1.78. The molecule has 0 bridgehead atoms. The van der Waals surface area contributed by atoms with Crippen molar-refractivity contribution in [3.8, 4) is 0 Å². The lowest BCUT2D eigenvalue weighted by atomic mass is 10.1. The molecule has 0 aliphatic heterocycles. The van der Waals surface area contributed by atoms with Gasteiger partial charge in [0, 0.05) is 18.1 Å². The predicted octanol–water partition coefficient (Wildman–Crippen LogP) is 1.02. The third-order valence-electron chi connectivity index (χ3n) is 1.96. The summed E-state index contributed by atoms with van der Waals surface area (Å²) < 4.78 is 0. The van der Waals surface area contributed by atoms with Crippen LogP contribution in [0, 0.1) is 0 Å². The lowest BCUT2D eigenvalue weighted by molar-refractivity contribution is -0.126. The molecule has 0 aromatic carbocycles. The molecule has 0 aromatic heterocycles. The van der Waals surface area contributed by atoms with Crippen LogP contribution in [0.4, 0.5) is 0 Å². The van der Waals surface area contributed by atoms with E-state index in [9.17, 15) is 4.79 Å². The van der Waals surface area contributed by atoms with E-state index in [1.54, 1.807) is 18.8 Å². The molecule has 0 aromatic rings. The molecular formula is C10H20N2OS. The van der Waals surface area contributed by atoms with E-state index in [4.69, 9.17) is 0 Å². The molecule has 0 rings (SSSR count). The Hall–Kier alpha value is -0.480. The number of carbonyl (C=O) groups excluding carboxylic acids is 1. The fourth-order valence-electron chi connectivity index (χ4n) is 0.738. The minimum atomic E-state index is -0.483.